The van der Waals surface area contributed by atoms with Crippen LogP contribution in [0, 0.1) is 11.3 Å². The van der Waals surface area contributed by atoms with E-state index in [0.29, 0.717) is 37.1 Å². The van der Waals surface area contributed by atoms with Gasteiger partial charge in [0.15, 0.2) is 11.5 Å². The number of rotatable bonds is 10. The highest BCUT2D eigenvalue weighted by Crippen LogP contribution is 2.39. The fraction of sp³-hybridized carbons (Fsp3) is 0.433. The Hall–Kier alpha value is -3.46. The SMILES string of the molecule is CCOC(=O)CS(=O)(=O)N(C/C=C/c1cccc(C#N)c1)c1cc(Cl)c(OC2CCN(C(=O)OC(C)(C)C)CC2)c(Cl)c1. The molecule has 1 saturated heterocycles. The molecule has 0 spiro atoms. The fourth-order valence-electron chi connectivity index (χ4n) is 4.26. The number of nitriles is 1. The van der Waals surface area contributed by atoms with Gasteiger partial charge < -0.3 is 19.1 Å². The standard InChI is InChI=1S/C30H35Cl2N3O7S/c1-5-40-27(36)20-43(38,39)35(13-7-10-21-8-6-9-22(16-21)19-33)23-17-25(31)28(26(32)18-23)41-24-11-14-34(15-12-24)29(37)42-30(2,3)4/h6-10,16-18,24H,5,11-15,20H2,1-4H3/b10-7+. The topological polar surface area (TPSA) is 126 Å². The van der Waals surface area contributed by atoms with Crippen molar-refractivity contribution in [2.24, 2.45) is 0 Å². The van der Waals surface area contributed by atoms with Crippen LogP contribution < -0.4 is 9.04 Å². The lowest BCUT2D eigenvalue weighted by Crippen LogP contribution is -2.44. The van der Waals surface area contributed by atoms with Crippen molar-refractivity contribution in [3.63, 3.8) is 0 Å². The lowest BCUT2D eigenvalue weighted by Gasteiger charge is -2.33. The van der Waals surface area contributed by atoms with E-state index >= 15 is 0 Å². The first-order valence-corrected chi connectivity index (χ1v) is 16.0. The summed E-state index contributed by atoms with van der Waals surface area (Å²) < 4.78 is 44.1. The van der Waals surface area contributed by atoms with Gasteiger partial charge in [-0.05, 0) is 57.5 Å². The van der Waals surface area contributed by atoms with Crippen LogP contribution >= 0.6 is 23.2 Å². The number of nitrogens with zero attached hydrogens (tertiary/aromatic N) is 3. The second-order valence-electron chi connectivity index (χ2n) is 10.8. The minimum Gasteiger partial charge on any atom is -0.487 e. The smallest absolute Gasteiger partial charge is 0.410 e. The molecule has 2 aromatic rings. The Morgan fingerprint density at radius 1 is 1.14 bits per heavy atom. The first kappa shape index (κ1) is 34.0. The number of hydrogen-bond acceptors (Lipinski definition) is 8. The molecule has 1 aliphatic rings. The average molecular weight is 653 g/mol. The number of halogens is 2. The number of benzene rings is 2. The monoisotopic (exact) mass is 651 g/mol. The van der Waals surface area contributed by atoms with Crippen LogP contribution in [0.25, 0.3) is 6.08 Å². The molecule has 10 nitrogen and oxygen atoms in total. The fourth-order valence-corrected chi connectivity index (χ4v) is 6.10. The van der Waals surface area contributed by atoms with Gasteiger partial charge in [0, 0.05) is 25.9 Å². The molecule has 0 aromatic heterocycles. The molecule has 1 heterocycles. The number of ether oxygens (including phenoxy) is 3. The zero-order valence-electron chi connectivity index (χ0n) is 24.5. The second-order valence-corrected chi connectivity index (χ2v) is 13.5. The molecule has 0 N–H and O–H groups in total. The van der Waals surface area contributed by atoms with E-state index in [4.69, 9.17) is 42.7 Å². The minimum absolute atomic E-state index is 0.0316. The van der Waals surface area contributed by atoms with Gasteiger partial charge >= 0.3 is 12.1 Å². The molecule has 0 unspecified atom stereocenters. The Morgan fingerprint density at radius 2 is 1.79 bits per heavy atom. The molecule has 232 valence electrons. The second kappa shape index (κ2) is 14.8. The normalized spacial score (nSPS) is 14.3. The minimum atomic E-state index is -4.22. The largest absolute Gasteiger partial charge is 0.487 e. The third-order valence-corrected chi connectivity index (χ3v) is 8.38. The molecule has 1 amide bonds. The summed E-state index contributed by atoms with van der Waals surface area (Å²) in [6.07, 6.45) is 3.62. The highest BCUT2D eigenvalue weighted by molar-refractivity contribution is 7.93. The van der Waals surface area contributed by atoms with Gasteiger partial charge in [-0.15, -0.1) is 0 Å². The quantitative estimate of drug-likeness (QED) is 0.284. The van der Waals surface area contributed by atoms with Gasteiger partial charge in [-0.25, -0.2) is 13.2 Å². The Morgan fingerprint density at radius 3 is 2.37 bits per heavy atom. The first-order valence-electron chi connectivity index (χ1n) is 13.7. The Bertz CT molecular complexity index is 1470. The molecular weight excluding hydrogens is 617 g/mol. The molecule has 43 heavy (non-hydrogen) atoms. The summed E-state index contributed by atoms with van der Waals surface area (Å²) in [5.41, 5.74) is 0.683. The first-order chi connectivity index (χ1) is 20.2. The van der Waals surface area contributed by atoms with Crippen LogP contribution in [0.5, 0.6) is 5.75 Å². The average Bonchev–Trinajstić information content (AvgIpc) is 2.92. The van der Waals surface area contributed by atoms with Crippen LogP contribution in [0.1, 0.15) is 51.7 Å². The molecule has 1 fully saturated rings. The van der Waals surface area contributed by atoms with Gasteiger partial charge in [0.05, 0.1) is 40.5 Å². The van der Waals surface area contributed by atoms with E-state index in [1.165, 1.54) is 12.1 Å². The summed E-state index contributed by atoms with van der Waals surface area (Å²) in [6.45, 7) is 7.74. The molecule has 0 bridgehead atoms. The molecule has 3 rings (SSSR count). The third kappa shape index (κ3) is 10.1. The zero-order chi connectivity index (χ0) is 31.8. The number of carbonyl (C=O) groups excluding carboxylic acids is 2. The van der Waals surface area contributed by atoms with Gasteiger partial charge in [0.25, 0.3) is 0 Å². The molecule has 0 atom stereocenters. The summed E-state index contributed by atoms with van der Waals surface area (Å²) in [7, 11) is -4.22. The number of esters is 1. The zero-order valence-corrected chi connectivity index (χ0v) is 26.8. The number of likely N-dealkylation sites (tertiary alicyclic amines) is 1. The highest BCUT2D eigenvalue weighted by atomic mass is 35.5. The highest BCUT2D eigenvalue weighted by Gasteiger charge is 2.30. The van der Waals surface area contributed by atoms with Gasteiger partial charge in [-0.3, -0.25) is 9.10 Å². The lowest BCUT2D eigenvalue weighted by atomic mass is 10.1. The Balaban J connectivity index is 1.81. The third-order valence-electron chi connectivity index (χ3n) is 6.19. The molecule has 2 aromatic carbocycles. The van der Waals surface area contributed by atoms with Crippen molar-refractivity contribution < 1.29 is 32.2 Å². The van der Waals surface area contributed by atoms with Crippen molar-refractivity contribution in [2.45, 2.75) is 52.2 Å². The van der Waals surface area contributed by atoms with E-state index in [9.17, 15) is 18.0 Å². The summed E-state index contributed by atoms with van der Waals surface area (Å²) in [5, 5.41) is 9.31. The van der Waals surface area contributed by atoms with Crippen molar-refractivity contribution in [2.75, 3.05) is 36.3 Å². The molecule has 1 aliphatic heterocycles. The number of amides is 1. The number of sulfonamides is 1. The Kier molecular flexibility index (Phi) is 11.7. The van der Waals surface area contributed by atoms with E-state index in [1.54, 1.807) is 48.2 Å². The molecular formula is C30H35Cl2N3O7S. The van der Waals surface area contributed by atoms with E-state index in [0.717, 1.165) is 4.31 Å². The van der Waals surface area contributed by atoms with Crippen molar-refractivity contribution in [1.82, 2.24) is 4.90 Å². The number of piperidine rings is 1. The molecule has 13 heteroatoms. The van der Waals surface area contributed by atoms with E-state index in [1.807, 2.05) is 20.8 Å². The van der Waals surface area contributed by atoms with Crippen LogP contribution in [0.4, 0.5) is 10.5 Å². The predicted octanol–water partition coefficient (Wildman–Crippen LogP) is 6.06. The maximum Gasteiger partial charge on any atom is 0.410 e. The van der Waals surface area contributed by atoms with E-state index < -0.39 is 27.3 Å². The molecule has 0 aliphatic carbocycles. The van der Waals surface area contributed by atoms with Crippen LogP contribution in [0.15, 0.2) is 42.5 Å². The van der Waals surface area contributed by atoms with Crippen LogP contribution in [0.2, 0.25) is 10.0 Å². The Labute approximate surface area is 262 Å². The van der Waals surface area contributed by atoms with Crippen molar-refractivity contribution >= 4 is 57.1 Å². The summed E-state index contributed by atoms with van der Waals surface area (Å²) in [5.74, 6) is -1.59. The lowest BCUT2D eigenvalue weighted by molar-refractivity contribution is -0.139. The number of anilines is 1. The maximum atomic E-state index is 13.3. The number of carbonyl (C=O) groups is 2. The summed E-state index contributed by atoms with van der Waals surface area (Å²) >= 11 is 13.1. The van der Waals surface area contributed by atoms with Crippen LogP contribution in [-0.4, -0.2) is 69.1 Å². The van der Waals surface area contributed by atoms with Crippen LogP contribution in [-0.2, 0) is 24.3 Å². The molecule has 0 saturated carbocycles. The van der Waals surface area contributed by atoms with Crippen molar-refractivity contribution in [3.8, 4) is 11.8 Å². The van der Waals surface area contributed by atoms with Gasteiger partial charge in [0.1, 0.15) is 11.7 Å². The van der Waals surface area contributed by atoms with E-state index in [2.05, 4.69) is 6.07 Å². The van der Waals surface area contributed by atoms with E-state index in [-0.39, 0.29) is 46.8 Å². The summed E-state index contributed by atoms with van der Waals surface area (Å²) in [4.78, 5) is 26.1. The predicted molar refractivity (Wildman–Crippen MR) is 166 cm³/mol. The van der Waals surface area contributed by atoms with Gasteiger partial charge in [-0.1, -0.05) is 47.5 Å². The maximum absolute atomic E-state index is 13.3. The van der Waals surface area contributed by atoms with Gasteiger partial charge in [-0.2, -0.15) is 5.26 Å². The van der Waals surface area contributed by atoms with Gasteiger partial charge in [0.2, 0.25) is 10.0 Å². The van der Waals surface area contributed by atoms with Crippen LogP contribution in [0.3, 0.4) is 0 Å². The summed E-state index contributed by atoms with van der Waals surface area (Å²) in [6, 6.07) is 11.7. The molecule has 0 radical (unpaired) electrons. The van der Waals surface area contributed by atoms with Crippen molar-refractivity contribution in [3.05, 3.63) is 63.6 Å². The van der Waals surface area contributed by atoms with Crippen molar-refractivity contribution in [1.29, 1.82) is 5.26 Å². The number of hydrogen-bond donors (Lipinski definition) is 0.